The van der Waals surface area contributed by atoms with E-state index in [9.17, 15) is 13.8 Å². The summed E-state index contributed by atoms with van der Waals surface area (Å²) in [6.45, 7) is 5.86. The summed E-state index contributed by atoms with van der Waals surface area (Å²) in [7, 11) is -3.33. The van der Waals surface area contributed by atoms with E-state index in [0.717, 1.165) is 16.8 Å². The smallest absolute Gasteiger partial charge is 0.322 e. The molecule has 33 heavy (non-hydrogen) atoms. The Bertz CT molecular complexity index is 1160. The van der Waals surface area contributed by atoms with Crippen LogP contribution < -0.4 is 5.32 Å². The normalized spacial score (nSPS) is 11.8. The standard InChI is InChI=1S/C24H27FN3O4P/c1-4-31-33(30,32-5-2)16-19-8-6-7-9-22(19)26-23(29)15-14-21-17(3)27-28-24(21)18-10-12-20(25)13-11-18/h6-15H,4-5,16H2,1-3H3,(H,26,29)(H,27,28)/b15-14+. The van der Waals surface area contributed by atoms with Crippen molar-refractivity contribution >= 4 is 25.3 Å². The predicted molar refractivity (Wildman–Crippen MR) is 127 cm³/mol. The van der Waals surface area contributed by atoms with Crippen molar-refractivity contribution < 1.29 is 22.8 Å². The fourth-order valence-electron chi connectivity index (χ4n) is 3.31. The number of H-pyrrole nitrogens is 1. The first kappa shape index (κ1) is 24.6. The van der Waals surface area contributed by atoms with E-state index in [2.05, 4.69) is 15.5 Å². The summed E-state index contributed by atoms with van der Waals surface area (Å²) in [5.41, 5.74) is 4.01. The van der Waals surface area contributed by atoms with Gasteiger partial charge in [0.25, 0.3) is 0 Å². The zero-order valence-electron chi connectivity index (χ0n) is 18.8. The lowest BCUT2D eigenvalue weighted by atomic mass is 10.1. The van der Waals surface area contributed by atoms with Crippen LogP contribution in [0.4, 0.5) is 10.1 Å². The highest BCUT2D eigenvalue weighted by Gasteiger charge is 2.25. The third-order valence-electron chi connectivity index (χ3n) is 4.80. The van der Waals surface area contributed by atoms with Crippen LogP contribution in [0.25, 0.3) is 17.3 Å². The minimum atomic E-state index is -3.33. The maximum Gasteiger partial charge on any atom is 0.335 e. The number of carbonyl (C=O) groups is 1. The first-order valence-electron chi connectivity index (χ1n) is 10.6. The van der Waals surface area contributed by atoms with E-state index in [0.29, 0.717) is 16.9 Å². The number of amides is 1. The Balaban J connectivity index is 1.78. The van der Waals surface area contributed by atoms with Crippen LogP contribution in [0, 0.1) is 12.7 Å². The fourth-order valence-corrected chi connectivity index (χ4v) is 5.05. The van der Waals surface area contributed by atoms with Crippen LogP contribution in [0.3, 0.4) is 0 Å². The number of hydrogen-bond donors (Lipinski definition) is 2. The summed E-state index contributed by atoms with van der Waals surface area (Å²) in [4.78, 5) is 12.7. The number of aromatic amines is 1. The molecular weight excluding hydrogens is 444 g/mol. The largest absolute Gasteiger partial charge is 0.335 e. The molecule has 0 saturated heterocycles. The molecule has 1 amide bonds. The van der Waals surface area contributed by atoms with Crippen LogP contribution in [-0.2, 0) is 24.6 Å². The zero-order valence-corrected chi connectivity index (χ0v) is 19.7. The third kappa shape index (κ3) is 6.48. The molecule has 2 aromatic carbocycles. The molecule has 3 rings (SSSR count). The number of hydrogen-bond acceptors (Lipinski definition) is 5. The average molecular weight is 471 g/mol. The second-order valence-electron chi connectivity index (χ2n) is 7.20. The number of nitrogens with one attached hydrogen (secondary N) is 2. The molecule has 9 heteroatoms. The SMILES string of the molecule is CCOP(=O)(Cc1ccccc1NC(=O)/C=C/c1c(-c2ccc(F)cc2)n[nH]c1C)OCC. The van der Waals surface area contributed by atoms with Crippen LogP contribution in [0.1, 0.15) is 30.7 Å². The van der Waals surface area contributed by atoms with Crippen molar-refractivity contribution in [1.82, 2.24) is 10.2 Å². The van der Waals surface area contributed by atoms with Crippen molar-refractivity contribution in [3.05, 3.63) is 77.2 Å². The molecule has 0 aliphatic rings. The van der Waals surface area contributed by atoms with E-state index in [1.807, 2.05) is 6.92 Å². The van der Waals surface area contributed by atoms with Crippen LogP contribution in [0.15, 0.2) is 54.6 Å². The Kier molecular flexibility index (Phi) is 8.33. The summed E-state index contributed by atoms with van der Waals surface area (Å²) in [6, 6.07) is 13.1. The minimum Gasteiger partial charge on any atom is -0.322 e. The summed E-state index contributed by atoms with van der Waals surface area (Å²) in [5, 5.41) is 10.0. The average Bonchev–Trinajstić information content (AvgIpc) is 3.15. The number of halogens is 1. The lowest BCUT2D eigenvalue weighted by Crippen LogP contribution is -2.10. The van der Waals surface area contributed by atoms with Gasteiger partial charge in [-0.2, -0.15) is 5.10 Å². The summed E-state index contributed by atoms with van der Waals surface area (Å²) in [6.07, 6.45) is 3.09. The Labute approximate surface area is 192 Å². The molecule has 0 fully saturated rings. The molecule has 7 nitrogen and oxygen atoms in total. The molecule has 0 aliphatic heterocycles. The van der Waals surface area contributed by atoms with Gasteiger partial charge < -0.3 is 14.4 Å². The maximum absolute atomic E-state index is 13.3. The van der Waals surface area contributed by atoms with E-state index in [4.69, 9.17) is 9.05 Å². The number of benzene rings is 2. The van der Waals surface area contributed by atoms with E-state index in [1.165, 1.54) is 18.2 Å². The van der Waals surface area contributed by atoms with Crippen molar-refractivity contribution in [2.24, 2.45) is 0 Å². The van der Waals surface area contributed by atoms with Crippen molar-refractivity contribution in [1.29, 1.82) is 0 Å². The van der Waals surface area contributed by atoms with Crippen molar-refractivity contribution in [2.45, 2.75) is 26.9 Å². The van der Waals surface area contributed by atoms with Gasteiger partial charge in [-0.15, -0.1) is 0 Å². The van der Waals surface area contributed by atoms with Crippen LogP contribution in [0.5, 0.6) is 0 Å². The molecule has 3 aromatic rings. The highest BCUT2D eigenvalue weighted by atomic mass is 31.2. The summed E-state index contributed by atoms with van der Waals surface area (Å²) < 4.78 is 36.9. The van der Waals surface area contributed by atoms with Crippen LogP contribution >= 0.6 is 7.60 Å². The van der Waals surface area contributed by atoms with Gasteiger partial charge in [-0.25, -0.2) is 4.39 Å². The fraction of sp³-hybridized carbons (Fsp3) is 0.250. The third-order valence-corrected chi connectivity index (χ3v) is 6.84. The first-order valence-corrected chi connectivity index (χ1v) is 12.3. The molecule has 1 aromatic heterocycles. The second-order valence-corrected chi connectivity index (χ2v) is 9.26. The Morgan fingerprint density at radius 1 is 1.12 bits per heavy atom. The van der Waals surface area contributed by atoms with Gasteiger partial charge in [-0.3, -0.25) is 14.5 Å². The van der Waals surface area contributed by atoms with Crippen molar-refractivity contribution in [3.63, 3.8) is 0 Å². The van der Waals surface area contributed by atoms with Crippen LogP contribution in [0.2, 0.25) is 0 Å². The highest BCUT2D eigenvalue weighted by Crippen LogP contribution is 2.52. The van der Waals surface area contributed by atoms with E-state index in [-0.39, 0.29) is 31.1 Å². The number of rotatable bonds is 10. The number of aryl methyl sites for hydroxylation is 1. The second kappa shape index (κ2) is 11.2. The van der Waals surface area contributed by atoms with Gasteiger partial charge in [0.05, 0.1) is 25.1 Å². The van der Waals surface area contributed by atoms with Crippen LogP contribution in [-0.4, -0.2) is 29.3 Å². The van der Waals surface area contributed by atoms with Gasteiger partial charge in [0.15, 0.2) is 0 Å². The molecule has 0 saturated carbocycles. The molecular formula is C24H27FN3O4P. The first-order chi connectivity index (χ1) is 15.8. The molecule has 0 aliphatic carbocycles. The topological polar surface area (TPSA) is 93.3 Å². The highest BCUT2D eigenvalue weighted by molar-refractivity contribution is 7.53. The number of anilines is 1. The quantitative estimate of drug-likeness (QED) is 0.282. The van der Waals surface area contributed by atoms with E-state index in [1.54, 1.807) is 56.3 Å². The monoisotopic (exact) mass is 471 g/mol. The lowest BCUT2D eigenvalue weighted by molar-refractivity contribution is -0.111. The van der Waals surface area contributed by atoms with Gasteiger partial charge in [0.1, 0.15) is 5.82 Å². The molecule has 174 valence electrons. The van der Waals surface area contributed by atoms with Crippen molar-refractivity contribution in [3.8, 4) is 11.3 Å². The van der Waals surface area contributed by atoms with Gasteiger partial charge in [-0.1, -0.05) is 18.2 Å². The Morgan fingerprint density at radius 3 is 2.45 bits per heavy atom. The van der Waals surface area contributed by atoms with Gasteiger partial charge in [-0.05, 0) is 62.7 Å². The summed E-state index contributed by atoms with van der Waals surface area (Å²) in [5.74, 6) is -0.699. The Hall–Kier alpha value is -3.06. The Morgan fingerprint density at radius 2 is 1.79 bits per heavy atom. The molecule has 1 heterocycles. The van der Waals surface area contributed by atoms with Gasteiger partial charge in [0.2, 0.25) is 5.91 Å². The van der Waals surface area contributed by atoms with Crippen molar-refractivity contribution in [2.75, 3.05) is 18.5 Å². The molecule has 0 bridgehead atoms. The van der Waals surface area contributed by atoms with Gasteiger partial charge >= 0.3 is 7.60 Å². The molecule has 2 N–H and O–H groups in total. The van der Waals surface area contributed by atoms with E-state index >= 15 is 0 Å². The number of para-hydroxylation sites is 1. The molecule has 0 spiro atoms. The number of aromatic nitrogens is 2. The predicted octanol–water partition coefficient (Wildman–Crippen LogP) is 5.94. The number of nitrogens with zero attached hydrogens (tertiary/aromatic N) is 1. The molecule has 0 radical (unpaired) electrons. The summed E-state index contributed by atoms with van der Waals surface area (Å²) >= 11 is 0. The van der Waals surface area contributed by atoms with E-state index < -0.39 is 7.60 Å². The molecule has 0 atom stereocenters. The molecule has 0 unspecified atom stereocenters. The lowest BCUT2D eigenvalue weighted by Gasteiger charge is -2.18. The zero-order chi connectivity index (χ0) is 23.8. The maximum atomic E-state index is 13.3. The van der Waals surface area contributed by atoms with Gasteiger partial charge in [0, 0.05) is 28.6 Å². The number of carbonyl (C=O) groups excluding carboxylic acids is 1. The minimum absolute atomic E-state index is 0.0460.